The molecule has 0 heterocycles. The number of unbranched alkanes of at least 4 members (excludes halogenated alkanes) is 2. The smallest absolute Gasteiger partial charge is 0.316 e. The molecule has 0 aromatic heterocycles. The van der Waals surface area contributed by atoms with E-state index in [9.17, 15) is 4.21 Å². The predicted octanol–water partition coefficient (Wildman–Crippen LogP) is 5.42. The first kappa shape index (κ1) is 21.1. The highest BCUT2D eigenvalue weighted by Gasteiger charge is 2.10. The SMILES string of the molecule is CCCCOc1ccc(NS(=O)Oc2ccc(C)cc2OCCCC)cc1. The molecule has 0 amide bonds. The second-order valence-corrected chi connectivity index (χ2v) is 7.14. The Bertz CT molecular complexity index is 719. The van der Waals surface area contributed by atoms with Gasteiger partial charge in [0, 0.05) is 5.69 Å². The van der Waals surface area contributed by atoms with Gasteiger partial charge >= 0.3 is 11.3 Å². The van der Waals surface area contributed by atoms with Crippen molar-refractivity contribution in [2.24, 2.45) is 0 Å². The molecule has 2 aromatic rings. The molecule has 1 N–H and O–H groups in total. The van der Waals surface area contributed by atoms with Crippen molar-refractivity contribution in [3.8, 4) is 17.2 Å². The van der Waals surface area contributed by atoms with Gasteiger partial charge in [-0.3, -0.25) is 4.72 Å². The van der Waals surface area contributed by atoms with Gasteiger partial charge < -0.3 is 13.7 Å². The number of aryl methyl sites for hydroxylation is 1. The van der Waals surface area contributed by atoms with Crippen LogP contribution in [0.4, 0.5) is 5.69 Å². The summed E-state index contributed by atoms with van der Waals surface area (Å²) in [6.07, 6.45) is 4.13. The van der Waals surface area contributed by atoms with E-state index in [1.165, 1.54) is 0 Å². The van der Waals surface area contributed by atoms with Crippen molar-refractivity contribution in [1.82, 2.24) is 0 Å². The lowest BCUT2D eigenvalue weighted by atomic mass is 10.2. The predicted molar refractivity (Wildman–Crippen MR) is 111 cm³/mol. The molecular formula is C21H29NO4S. The van der Waals surface area contributed by atoms with Crippen molar-refractivity contribution >= 4 is 17.0 Å². The fraction of sp³-hybridized carbons (Fsp3) is 0.429. The van der Waals surface area contributed by atoms with E-state index in [1.807, 2.05) is 43.3 Å². The number of nitrogens with one attached hydrogen (secondary N) is 1. The van der Waals surface area contributed by atoms with E-state index in [2.05, 4.69) is 18.6 Å². The van der Waals surface area contributed by atoms with Crippen LogP contribution in [0.1, 0.15) is 45.1 Å². The normalized spacial score (nSPS) is 11.7. The zero-order chi connectivity index (χ0) is 19.5. The minimum absolute atomic E-state index is 0.460. The highest BCUT2D eigenvalue weighted by molar-refractivity contribution is 7.82. The van der Waals surface area contributed by atoms with Crippen LogP contribution in [0.3, 0.4) is 0 Å². The van der Waals surface area contributed by atoms with Gasteiger partial charge in [-0.2, -0.15) is 4.21 Å². The van der Waals surface area contributed by atoms with Gasteiger partial charge in [-0.25, -0.2) is 0 Å². The molecule has 0 saturated carbocycles. The van der Waals surface area contributed by atoms with Crippen LogP contribution in [-0.4, -0.2) is 17.4 Å². The molecular weight excluding hydrogens is 362 g/mol. The lowest BCUT2D eigenvalue weighted by molar-refractivity contribution is 0.301. The third-order valence-electron chi connectivity index (χ3n) is 3.84. The van der Waals surface area contributed by atoms with Crippen molar-refractivity contribution in [2.45, 2.75) is 46.5 Å². The molecule has 1 unspecified atom stereocenters. The number of hydrogen-bond donors (Lipinski definition) is 1. The molecule has 0 saturated heterocycles. The lowest BCUT2D eigenvalue weighted by Gasteiger charge is -2.13. The Labute approximate surface area is 164 Å². The van der Waals surface area contributed by atoms with Crippen molar-refractivity contribution in [1.29, 1.82) is 0 Å². The molecule has 148 valence electrons. The van der Waals surface area contributed by atoms with Gasteiger partial charge in [0.25, 0.3) is 0 Å². The molecule has 27 heavy (non-hydrogen) atoms. The standard InChI is InChI=1S/C21H29NO4S/c1-4-6-14-24-19-11-9-18(10-12-19)22-27(23)26-20-13-8-17(3)16-21(20)25-15-7-5-2/h8-13,16,22H,4-7,14-15H2,1-3H3. The Morgan fingerprint density at radius 1 is 0.889 bits per heavy atom. The van der Waals surface area contributed by atoms with E-state index in [1.54, 1.807) is 6.07 Å². The maximum Gasteiger partial charge on any atom is 0.316 e. The molecule has 0 fully saturated rings. The summed E-state index contributed by atoms with van der Waals surface area (Å²) >= 11 is -1.73. The Morgan fingerprint density at radius 3 is 2.22 bits per heavy atom. The van der Waals surface area contributed by atoms with E-state index in [0.29, 0.717) is 30.4 Å². The van der Waals surface area contributed by atoms with Crippen molar-refractivity contribution in [2.75, 3.05) is 17.9 Å². The summed E-state index contributed by atoms with van der Waals surface area (Å²) in [7, 11) is 0. The minimum Gasteiger partial charge on any atom is -0.494 e. The van der Waals surface area contributed by atoms with Crippen molar-refractivity contribution in [3.05, 3.63) is 48.0 Å². The molecule has 0 spiro atoms. The Kier molecular flexibility index (Phi) is 8.98. The number of rotatable bonds is 12. The van der Waals surface area contributed by atoms with E-state index in [0.717, 1.165) is 37.0 Å². The average Bonchev–Trinajstić information content (AvgIpc) is 2.66. The third-order valence-corrected chi connectivity index (χ3v) is 4.58. The maximum absolute atomic E-state index is 12.3. The number of hydrogen-bond acceptors (Lipinski definition) is 4. The molecule has 2 rings (SSSR count). The topological polar surface area (TPSA) is 56.8 Å². The first-order chi connectivity index (χ1) is 13.1. The fourth-order valence-corrected chi connectivity index (χ4v) is 2.95. The summed E-state index contributed by atoms with van der Waals surface area (Å²) in [6, 6.07) is 12.9. The molecule has 2 aromatic carbocycles. The first-order valence-corrected chi connectivity index (χ1v) is 10.5. The van der Waals surface area contributed by atoms with Gasteiger partial charge in [-0.1, -0.05) is 32.8 Å². The fourth-order valence-electron chi connectivity index (χ4n) is 2.28. The summed E-state index contributed by atoms with van der Waals surface area (Å²) in [5.74, 6) is 1.87. The van der Waals surface area contributed by atoms with Crippen molar-refractivity contribution in [3.63, 3.8) is 0 Å². The van der Waals surface area contributed by atoms with Gasteiger partial charge in [-0.15, -0.1) is 0 Å². The minimum atomic E-state index is -1.73. The van der Waals surface area contributed by atoms with Crippen LogP contribution < -0.4 is 18.4 Å². The summed E-state index contributed by atoms with van der Waals surface area (Å²) < 4.78 is 32.1. The molecule has 1 atom stereocenters. The second kappa shape index (κ2) is 11.5. The van der Waals surface area contributed by atoms with Gasteiger partial charge in [0.1, 0.15) is 5.75 Å². The number of benzene rings is 2. The van der Waals surface area contributed by atoms with Crippen molar-refractivity contribution < 1.29 is 17.9 Å². The van der Waals surface area contributed by atoms with Gasteiger partial charge in [-0.05, 0) is 61.7 Å². The zero-order valence-corrected chi connectivity index (χ0v) is 17.1. The second-order valence-electron chi connectivity index (χ2n) is 6.30. The summed E-state index contributed by atoms with van der Waals surface area (Å²) in [5, 5.41) is 0. The Morgan fingerprint density at radius 2 is 1.56 bits per heavy atom. The molecule has 5 nitrogen and oxygen atoms in total. The van der Waals surface area contributed by atoms with Gasteiger partial charge in [0.15, 0.2) is 11.5 Å². The summed E-state index contributed by atoms with van der Waals surface area (Å²) in [5.41, 5.74) is 1.75. The highest BCUT2D eigenvalue weighted by Crippen LogP contribution is 2.29. The lowest BCUT2D eigenvalue weighted by Crippen LogP contribution is -2.12. The average molecular weight is 392 g/mol. The van der Waals surface area contributed by atoms with Crippen LogP contribution in [0.15, 0.2) is 42.5 Å². The van der Waals surface area contributed by atoms with Crippen LogP contribution in [0.25, 0.3) is 0 Å². The highest BCUT2D eigenvalue weighted by atomic mass is 32.2. The third kappa shape index (κ3) is 7.51. The van der Waals surface area contributed by atoms with Gasteiger partial charge in [0.05, 0.1) is 13.2 Å². The molecule has 0 aliphatic rings. The maximum atomic E-state index is 12.3. The van der Waals surface area contributed by atoms with E-state index >= 15 is 0 Å². The van der Waals surface area contributed by atoms with Crippen LogP contribution in [0.2, 0.25) is 0 Å². The van der Waals surface area contributed by atoms with Crippen LogP contribution in [0, 0.1) is 6.92 Å². The monoisotopic (exact) mass is 391 g/mol. The Hall–Kier alpha value is -2.21. The van der Waals surface area contributed by atoms with Crippen LogP contribution in [-0.2, 0) is 11.3 Å². The molecule has 0 radical (unpaired) electrons. The number of anilines is 1. The summed E-state index contributed by atoms with van der Waals surface area (Å²) in [6.45, 7) is 7.52. The largest absolute Gasteiger partial charge is 0.494 e. The molecule has 0 aliphatic heterocycles. The molecule has 0 bridgehead atoms. The van der Waals surface area contributed by atoms with Gasteiger partial charge in [0.2, 0.25) is 0 Å². The Balaban J connectivity index is 1.93. The molecule has 0 aliphatic carbocycles. The van der Waals surface area contributed by atoms with Crippen LogP contribution in [0.5, 0.6) is 17.2 Å². The quantitative estimate of drug-likeness (QED) is 0.491. The van der Waals surface area contributed by atoms with Crippen LogP contribution >= 0.6 is 0 Å². The number of ether oxygens (including phenoxy) is 2. The van der Waals surface area contributed by atoms with E-state index in [-0.39, 0.29) is 0 Å². The first-order valence-electron chi connectivity index (χ1n) is 9.45. The molecule has 6 heteroatoms. The van der Waals surface area contributed by atoms with E-state index < -0.39 is 11.3 Å². The summed E-state index contributed by atoms with van der Waals surface area (Å²) in [4.78, 5) is 0. The zero-order valence-electron chi connectivity index (χ0n) is 16.3. The van der Waals surface area contributed by atoms with E-state index in [4.69, 9.17) is 13.7 Å².